The second-order valence-corrected chi connectivity index (χ2v) is 5.94. The van der Waals surface area contributed by atoms with Gasteiger partial charge in [-0.1, -0.05) is 56.0 Å². The molecule has 0 aliphatic rings. The number of hydrogen-bond acceptors (Lipinski definition) is 1. The van der Waals surface area contributed by atoms with Crippen molar-refractivity contribution in [3.8, 4) is 0 Å². The quantitative estimate of drug-likeness (QED) is 0.656. The Morgan fingerprint density at radius 1 is 1.00 bits per heavy atom. The van der Waals surface area contributed by atoms with E-state index in [-0.39, 0.29) is 0 Å². The Morgan fingerprint density at radius 2 is 1.58 bits per heavy atom. The zero-order chi connectivity index (χ0) is 14.1. The van der Waals surface area contributed by atoms with Crippen LogP contribution in [0.25, 0.3) is 0 Å². The number of benzene rings is 1. The van der Waals surface area contributed by atoms with Crippen LogP contribution < -0.4 is 0 Å². The van der Waals surface area contributed by atoms with E-state index in [1.54, 1.807) is 0 Å². The van der Waals surface area contributed by atoms with E-state index < -0.39 is 11.4 Å². The van der Waals surface area contributed by atoms with Crippen molar-refractivity contribution in [3.05, 3.63) is 35.9 Å². The van der Waals surface area contributed by atoms with Crippen molar-refractivity contribution in [1.82, 2.24) is 0 Å². The van der Waals surface area contributed by atoms with Gasteiger partial charge in [0, 0.05) is 0 Å². The summed E-state index contributed by atoms with van der Waals surface area (Å²) in [5.41, 5.74) is 0.846. The predicted molar refractivity (Wildman–Crippen MR) is 79.3 cm³/mol. The van der Waals surface area contributed by atoms with Crippen LogP contribution in [0.5, 0.6) is 0 Å². The number of unbranched alkanes of at least 4 members (excludes halogenated alkanes) is 4. The molecule has 0 aliphatic carbocycles. The molecule has 0 unspecified atom stereocenters. The lowest BCUT2D eigenvalue weighted by molar-refractivity contribution is -0.147. The minimum atomic E-state index is -0.684. The van der Waals surface area contributed by atoms with Crippen molar-refractivity contribution in [2.45, 2.75) is 58.8 Å². The molecule has 0 spiro atoms. The van der Waals surface area contributed by atoms with Crippen LogP contribution >= 0.6 is 0 Å². The van der Waals surface area contributed by atoms with Gasteiger partial charge in [0.25, 0.3) is 0 Å². The first-order valence-corrected chi connectivity index (χ1v) is 7.30. The number of carboxylic acid groups (broad SMARTS) is 1. The largest absolute Gasteiger partial charge is 0.481 e. The Hall–Kier alpha value is -1.31. The Bertz CT molecular complexity index is 368. The first kappa shape index (κ1) is 15.7. The van der Waals surface area contributed by atoms with Crippen LogP contribution in [0.15, 0.2) is 30.3 Å². The van der Waals surface area contributed by atoms with Crippen molar-refractivity contribution in [3.63, 3.8) is 0 Å². The summed E-state index contributed by atoms with van der Waals surface area (Å²) in [6.07, 6.45) is 7.77. The summed E-state index contributed by atoms with van der Waals surface area (Å²) in [5, 5.41) is 9.01. The van der Waals surface area contributed by atoms with Gasteiger partial charge in [-0.15, -0.1) is 0 Å². The van der Waals surface area contributed by atoms with Gasteiger partial charge in [-0.05, 0) is 38.7 Å². The molecule has 106 valence electrons. The molecule has 0 aromatic heterocycles. The van der Waals surface area contributed by atoms with Crippen molar-refractivity contribution in [2.24, 2.45) is 5.41 Å². The van der Waals surface area contributed by atoms with E-state index in [0.717, 1.165) is 25.7 Å². The molecule has 0 saturated heterocycles. The van der Waals surface area contributed by atoms with Gasteiger partial charge in [0.05, 0.1) is 5.41 Å². The summed E-state index contributed by atoms with van der Waals surface area (Å²) in [6, 6.07) is 10.6. The molecular weight excluding hydrogens is 236 g/mol. The van der Waals surface area contributed by atoms with Crippen molar-refractivity contribution < 1.29 is 9.90 Å². The first-order valence-electron chi connectivity index (χ1n) is 7.30. The minimum absolute atomic E-state index is 0.565. The summed E-state index contributed by atoms with van der Waals surface area (Å²) in [4.78, 5) is 10.9. The SMILES string of the molecule is CC(C)(CCCCCCCc1ccccc1)C(=O)O. The van der Waals surface area contributed by atoms with Crippen LogP contribution in [0.2, 0.25) is 0 Å². The second kappa shape index (κ2) is 7.98. The molecule has 19 heavy (non-hydrogen) atoms. The fraction of sp³-hybridized carbons (Fsp3) is 0.588. The summed E-state index contributed by atoms with van der Waals surface area (Å²) >= 11 is 0. The van der Waals surface area contributed by atoms with Gasteiger partial charge in [0.1, 0.15) is 0 Å². The maximum absolute atomic E-state index is 10.9. The Kier molecular flexibility index (Phi) is 6.61. The zero-order valence-corrected chi connectivity index (χ0v) is 12.2. The smallest absolute Gasteiger partial charge is 0.309 e. The van der Waals surface area contributed by atoms with E-state index in [1.165, 1.54) is 24.8 Å². The van der Waals surface area contributed by atoms with Crippen LogP contribution in [0.1, 0.15) is 57.9 Å². The minimum Gasteiger partial charge on any atom is -0.481 e. The topological polar surface area (TPSA) is 37.3 Å². The van der Waals surface area contributed by atoms with Gasteiger partial charge >= 0.3 is 5.97 Å². The highest BCUT2D eigenvalue weighted by molar-refractivity contribution is 5.73. The summed E-state index contributed by atoms with van der Waals surface area (Å²) in [5.74, 6) is -0.684. The van der Waals surface area contributed by atoms with Crippen LogP contribution in [0, 0.1) is 5.41 Å². The molecule has 1 N–H and O–H groups in total. The van der Waals surface area contributed by atoms with E-state index in [4.69, 9.17) is 5.11 Å². The van der Waals surface area contributed by atoms with Crippen molar-refractivity contribution in [2.75, 3.05) is 0 Å². The number of aryl methyl sites for hydroxylation is 1. The van der Waals surface area contributed by atoms with Crippen molar-refractivity contribution in [1.29, 1.82) is 0 Å². The highest BCUT2D eigenvalue weighted by atomic mass is 16.4. The molecule has 0 amide bonds. The normalized spacial score (nSPS) is 11.5. The summed E-state index contributed by atoms with van der Waals surface area (Å²) < 4.78 is 0. The lowest BCUT2D eigenvalue weighted by Gasteiger charge is -2.18. The molecule has 2 heteroatoms. The van der Waals surface area contributed by atoms with Gasteiger partial charge in [-0.2, -0.15) is 0 Å². The van der Waals surface area contributed by atoms with E-state index >= 15 is 0 Å². The summed E-state index contributed by atoms with van der Waals surface area (Å²) in [7, 11) is 0. The monoisotopic (exact) mass is 262 g/mol. The average Bonchev–Trinajstić information content (AvgIpc) is 2.38. The van der Waals surface area contributed by atoms with Crippen LogP contribution in [0.3, 0.4) is 0 Å². The fourth-order valence-corrected chi connectivity index (χ4v) is 2.18. The number of carbonyl (C=O) groups is 1. The molecule has 0 atom stereocenters. The number of aliphatic carboxylic acids is 1. The Labute approximate surface area is 116 Å². The highest BCUT2D eigenvalue weighted by Gasteiger charge is 2.25. The number of carboxylic acids is 1. The number of rotatable bonds is 9. The molecule has 1 aromatic carbocycles. The molecule has 1 rings (SSSR count). The van der Waals surface area contributed by atoms with Gasteiger partial charge in [0.15, 0.2) is 0 Å². The maximum atomic E-state index is 10.9. The number of hydrogen-bond donors (Lipinski definition) is 1. The van der Waals surface area contributed by atoms with Gasteiger partial charge < -0.3 is 5.11 Å². The third kappa shape index (κ3) is 6.42. The van der Waals surface area contributed by atoms with E-state index in [9.17, 15) is 4.79 Å². The van der Waals surface area contributed by atoms with Gasteiger partial charge in [-0.25, -0.2) is 0 Å². The van der Waals surface area contributed by atoms with Crippen LogP contribution in [-0.2, 0) is 11.2 Å². The van der Waals surface area contributed by atoms with Gasteiger partial charge in [-0.3, -0.25) is 4.79 Å². The van der Waals surface area contributed by atoms with E-state index in [1.807, 2.05) is 19.9 Å². The standard InChI is InChI=1S/C17H26O2/c1-17(2,16(18)19)14-10-5-3-4-7-11-15-12-8-6-9-13-15/h6,8-9,12-13H,3-5,7,10-11,14H2,1-2H3,(H,18,19). The fourth-order valence-electron chi connectivity index (χ4n) is 2.18. The Morgan fingerprint density at radius 3 is 2.21 bits per heavy atom. The second-order valence-electron chi connectivity index (χ2n) is 5.94. The summed E-state index contributed by atoms with van der Waals surface area (Å²) in [6.45, 7) is 3.62. The predicted octanol–water partition coefficient (Wildman–Crippen LogP) is 4.68. The third-order valence-corrected chi connectivity index (χ3v) is 3.69. The Balaban J connectivity index is 2.02. The maximum Gasteiger partial charge on any atom is 0.309 e. The molecular formula is C17H26O2. The lowest BCUT2D eigenvalue weighted by Crippen LogP contribution is -2.23. The zero-order valence-electron chi connectivity index (χ0n) is 12.2. The van der Waals surface area contributed by atoms with E-state index in [0.29, 0.717) is 0 Å². The molecule has 1 aromatic rings. The highest BCUT2D eigenvalue weighted by Crippen LogP contribution is 2.24. The molecule has 0 heterocycles. The van der Waals surface area contributed by atoms with Crippen molar-refractivity contribution >= 4 is 5.97 Å². The van der Waals surface area contributed by atoms with Crippen LogP contribution in [0.4, 0.5) is 0 Å². The molecule has 2 nitrogen and oxygen atoms in total. The van der Waals surface area contributed by atoms with Crippen LogP contribution in [-0.4, -0.2) is 11.1 Å². The molecule has 0 saturated carbocycles. The van der Waals surface area contributed by atoms with E-state index in [2.05, 4.69) is 24.3 Å². The molecule has 0 radical (unpaired) electrons. The van der Waals surface area contributed by atoms with Gasteiger partial charge in [0.2, 0.25) is 0 Å². The molecule has 0 aliphatic heterocycles. The average molecular weight is 262 g/mol. The lowest BCUT2D eigenvalue weighted by atomic mass is 9.87. The molecule has 0 bridgehead atoms. The molecule has 0 fully saturated rings. The third-order valence-electron chi connectivity index (χ3n) is 3.69. The first-order chi connectivity index (χ1) is 9.02.